The molecule has 18 heavy (non-hydrogen) atoms. The first-order valence-electron chi connectivity index (χ1n) is 6.41. The smallest absolute Gasteiger partial charge is 0.137 e. The Morgan fingerprint density at radius 2 is 2.06 bits per heavy atom. The molecule has 4 nitrogen and oxygen atoms in total. The first-order valence-corrected chi connectivity index (χ1v) is 6.41. The second kappa shape index (κ2) is 6.71. The van der Waals surface area contributed by atoms with E-state index in [1.54, 1.807) is 12.4 Å². The number of aliphatic hydroxyl groups excluding tert-OH is 1. The molecule has 1 N–H and O–H groups in total. The first-order chi connectivity index (χ1) is 8.51. The summed E-state index contributed by atoms with van der Waals surface area (Å²) < 4.78 is 11.1. The second-order valence-corrected chi connectivity index (χ2v) is 4.74. The van der Waals surface area contributed by atoms with Crippen LogP contribution >= 0.6 is 0 Å². The molecule has 0 aliphatic heterocycles. The largest absolute Gasteiger partial charge is 0.492 e. The zero-order valence-corrected chi connectivity index (χ0v) is 11.6. The lowest BCUT2D eigenvalue weighted by Gasteiger charge is -2.30. The summed E-state index contributed by atoms with van der Waals surface area (Å²) in [6.45, 7) is 8.89. The monoisotopic (exact) mass is 253 g/mol. The van der Waals surface area contributed by atoms with Gasteiger partial charge in [0.25, 0.3) is 0 Å². The zero-order chi connectivity index (χ0) is 13.6. The van der Waals surface area contributed by atoms with Crippen molar-refractivity contribution in [2.24, 2.45) is 0 Å². The van der Waals surface area contributed by atoms with E-state index in [1.807, 2.05) is 33.8 Å². The van der Waals surface area contributed by atoms with Gasteiger partial charge in [0, 0.05) is 18.4 Å². The van der Waals surface area contributed by atoms with Crippen molar-refractivity contribution < 1.29 is 14.6 Å². The maximum Gasteiger partial charge on any atom is 0.137 e. The molecule has 0 saturated heterocycles. The highest BCUT2D eigenvalue weighted by Gasteiger charge is 2.30. The Bertz CT molecular complexity index is 366. The molecule has 0 spiro atoms. The fourth-order valence-electron chi connectivity index (χ4n) is 1.74. The lowest BCUT2D eigenvalue weighted by atomic mass is 9.95. The number of hydrogen-bond donors (Lipinski definition) is 1. The Labute approximate surface area is 109 Å². The molecule has 4 heteroatoms. The predicted molar refractivity (Wildman–Crippen MR) is 70.7 cm³/mol. The van der Waals surface area contributed by atoms with Crippen molar-refractivity contribution in [2.45, 2.75) is 45.8 Å². The molecular formula is C14H23NO3. The van der Waals surface area contributed by atoms with Crippen LogP contribution in [0.2, 0.25) is 0 Å². The summed E-state index contributed by atoms with van der Waals surface area (Å²) in [6.07, 6.45) is 3.51. The Hall–Kier alpha value is -1.13. The van der Waals surface area contributed by atoms with Gasteiger partial charge >= 0.3 is 0 Å². The summed E-state index contributed by atoms with van der Waals surface area (Å²) in [5, 5.41) is 10.3. The molecule has 0 saturated carbocycles. The number of hydrogen-bond acceptors (Lipinski definition) is 4. The van der Waals surface area contributed by atoms with Crippen molar-refractivity contribution in [1.82, 2.24) is 4.98 Å². The van der Waals surface area contributed by atoms with Gasteiger partial charge in [-0.2, -0.15) is 0 Å². The summed E-state index contributed by atoms with van der Waals surface area (Å²) in [6, 6.07) is 1.81. The number of ether oxygens (including phenoxy) is 2. The van der Waals surface area contributed by atoms with Crippen molar-refractivity contribution in [3.63, 3.8) is 0 Å². The van der Waals surface area contributed by atoms with Gasteiger partial charge in [-0.25, -0.2) is 0 Å². The Morgan fingerprint density at radius 1 is 1.33 bits per heavy atom. The van der Waals surface area contributed by atoms with Crippen LogP contribution in [0.5, 0.6) is 5.75 Å². The molecule has 1 heterocycles. The summed E-state index contributed by atoms with van der Waals surface area (Å²) >= 11 is 0. The molecule has 1 unspecified atom stereocenters. The standard InChI is InChI=1S/C14H23NO3/c1-5-7-17-12-8-11(9-15-10-12)13(16)14(3,4)18-6-2/h8-10,13,16H,5-7H2,1-4H3. The Balaban J connectivity index is 2.82. The van der Waals surface area contributed by atoms with E-state index in [1.165, 1.54) is 0 Å². The van der Waals surface area contributed by atoms with E-state index in [4.69, 9.17) is 9.47 Å². The van der Waals surface area contributed by atoms with E-state index in [2.05, 4.69) is 4.98 Å². The quantitative estimate of drug-likeness (QED) is 0.811. The van der Waals surface area contributed by atoms with E-state index in [-0.39, 0.29) is 0 Å². The molecule has 0 fully saturated rings. The van der Waals surface area contributed by atoms with Crippen LogP contribution in [0.1, 0.15) is 45.8 Å². The first kappa shape index (κ1) is 14.9. The maximum atomic E-state index is 10.3. The number of aromatic nitrogens is 1. The molecule has 0 aliphatic carbocycles. The number of aliphatic hydroxyl groups is 1. The van der Waals surface area contributed by atoms with Crippen LogP contribution in [0.3, 0.4) is 0 Å². The van der Waals surface area contributed by atoms with Crippen molar-refractivity contribution in [3.8, 4) is 5.75 Å². The molecule has 1 aromatic rings. The van der Waals surface area contributed by atoms with E-state index < -0.39 is 11.7 Å². The number of rotatable bonds is 7. The molecular weight excluding hydrogens is 230 g/mol. The highest BCUT2D eigenvalue weighted by molar-refractivity contribution is 5.26. The summed E-state index contributed by atoms with van der Waals surface area (Å²) in [4.78, 5) is 4.09. The van der Waals surface area contributed by atoms with Gasteiger partial charge in [-0.15, -0.1) is 0 Å². The van der Waals surface area contributed by atoms with Crippen LogP contribution in [0.4, 0.5) is 0 Å². The molecule has 0 aliphatic rings. The van der Waals surface area contributed by atoms with Crippen LogP contribution in [0.25, 0.3) is 0 Å². The van der Waals surface area contributed by atoms with Gasteiger partial charge in [-0.05, 0) is 33.3 Å². The molecule has 1 aromatic heterocycles. The van der Waals surface area contributed by atoms with Crippen LogP contribution in [0, 0.1) is 0 Å². The third-order valence-corrected chi connectivity index (χ3v) is 2.70. The fraction of sp³-hybridized carbons (Fsp3) is 0.643. The van der Waals surface area contributed by atoms with Gasteiger partial charge in [-0.3, -0.25) is 4.98 Å². The predicted octanol–water partition coefficient (Wildman–Crippen LogP) is 2.72. The molecule has 1 atom stereocenters. The molecule has 0 radical (unpaired) electrons. The average molecular weight is 253 g/mol. The van der Waals surface area contributed by atoms with Gasteiger partial charge in [0.05, 0.1) is 18.4 Å². The van der Waals surface area contributed by atoms with Crippen LogP contribution in [-0.4, -0.2) is 28.9 Å². The Morgan fingerprint density at radius 3 is 2.67 bits per heavy atom. The van der Waals surface area contributed by atoms with E-state index in [9.17, 15) is 5.11 Å². The van der Waals surface area contributed by atoms with Gasteiger partial charge in [0.1, 0.15) is 11.9 Å². The third-order valence-electron chi connectivity index (χ3n) is 2.70. The molecule has 0 amide bonds. The van der Waals surface area contributed by atoms with Gasteiger partial charge in [0.15, 0.2) is 0 Å². The lowest BCUT2D eigenvalue weighted by Crippen LogP contribution is -2.32. The van der Waals surface area contributed by atoms with Gasteiger partial charge < -0.3 is 14.6 Å². The van der Waals surface area contributed by atoms with Crippen molar-refractivity contribution in [2.75, 3.05) is 13.2 Å². The minimum atomic E-state index is -0.727. The number of nitrogens with zero attached hydrogens (tertiary/aromatic N) is 1. The SMILES string of the molecule is CCCOc1cncc(C(O)C(C)(C)OCC)c1. The topological polar surface area (TPSA) is 51.6 Å². The molecule has 1 rings (SSSR count). The van der Waals surface area contributed by atoms with Gasteiger partial charge in [0.2, 0.25) is 0 Å². The maximum absolute atomic E-state index is 10.3. The summed E-state index contributed by atoms with van der Waals surface area (Å²) in [5.74, 6) is 0.681. The number of pyridine rings is 1. The Kier molecular flexibility index (Phi) is 5.56. The van der Waals surface area contributed by atoms with Gasteiger partial charge in [-0.1, -0.05) is 6.92 Å². The zero-order valence-electron chi connectivity index (χ0n) is 11.6. The summed E-state index contributed by atoms with van der Waals surface area (Å²) in [7, 11) is 0. The molecule has 0 bridgehead atoms. The van der Waals surface area contributed by atoms with E-state index >= 15 is 0 Å². The minimum absolute atomic E-state index is 0.559. The van der Waals surface area contributed by atoms with Crippen LogP contribution < -0.4 is 4.74 Å². The average Bonchev–Trinajstić information content (AvgIpc) is 2.35. The van der Waals surface area contributed by atoms with Crippen LogP contribution in [0.15, 0.2) is 18.5 Å². The highest BCUT2D eigenvalue weighted by atomic mass is 16.5. The lowest BCUT2D eigenvalue weighted by molar-refractivity contribution is -0.0984. The third kappa shape index (κ3) is 3.96. The minimum Gasteiger partial charge on any atom is -0.492 e. The highest BCUT2D eigenvalue weighted by Crippen LogP contribution is 2.29. The molecule has 102 valence electrons. The van der Waals surface area contributed by atoms with Crippen LogP contribution in [-0.2, 0) is 4.74 Å². The van der Waals surface area contributed by atoms with Crippen molar-refractivity contribution in [1.29, 1.82) is 0 Å². The summed E-state index contributed by atoms with van der Waals surface area (Å²) in [5.41, 5.74) is 0.0712. The molecule has 0 aromatic carbocycles. The second-order valence-electron chi connectivity index (χ2n) is 4.74. The van der Waals surface area contributed by atoms with E-state index in [0.717, 1.165) is 6.42 Å². The normalized spacial score (nSPS) is 13.4. The van der Waals surface area contributed by atoms with E-state index in [0.29, 0.717) is 24.5 Å². The fourth-order valence-corrected chi connectivity index (χ4v) is 1.74. The van der Waals surface area contributed by atoms with Crippen molar-refractivity contribution >= 4 is 0 Å². The van der Waals surface area contributed by atoms with Crippen molar-refractivity contribution in [3.05, 3.63) is 24.0 Å².